The van der Waals surface area contributed by atoms with Crippen LogP contribution in [0.1, 0.15) is 40.0 Å². The van der Waals surface area contributed by atoms with E-state index in [0.717, 1.165) is 60.8 Å². The molecular weight excluding hydrogens is 1180 g/mol. The fraction of sp³-hybridized carbons (Fsp3) is 0.475. The highest BCUT2D eigenvalue weighted by molar-refractivity contribution is 5.85. The largest absolute Gasteiger partial charge is 0.462 e. The molecule has 0 bridgehead atoms. The molecule has 1 rings (SSSR count). The summed E-state index contributed by atoms with van der Waals surface area (Å²) in [6.45, 7) is 29.1. The fourth-order valence-electron chi connectivity index (χ4n) is 8.51. The number of esters is 10. The average molecular weight is 1260 g/mol. The molecule has 2 unspecified atom stereocenters. The number of ether oxygens (including phenoxy) is 14. The molecule has 0 aromatic heterocycles. The van der Waals surface area contributed by atoms with Crippen molar-refractivity contribution in [2.24, 2.45) is 27.1 Å². The van der Waals surface area contributed by atoms with Gasteiger partial charge in [-0.2, -0.15) is 0 Å². The third-order valence-electron chi connectivity index (χ3n) is 12.6. The summed E-state index contributed by atoms with van der Waals surface area (Å²) < 4.78 is 76.8. The van der Waals surface area contributed by atoms with Crippen molar-refractivity contribution in [3.63, 3.8) is 0 Å². The lowest BCUT2D eigenvalue weighted by molar-refractivity contribution is -0.176. The third kappa shape index (κ3) is 30.2. The van der Waals surface area contributed by atoms with Crippen LogP contribution in [0.25, 0.3) is 0 Å². The molecule has 2 amide bonds. The highest BCUT2D eigenvalue weighted by Gasteiger charge is 2.46. The van der Waals surface area contributed by atoms with Gasteiger partial charge in [0.15, 0.2) is 0 Å². The zero-order chi connectivity index (χ0) is 67.3. The second kappa shape index (κ2) is 38.7. The Balaban J connectivity index is 3.70. The Labute approximate surface area is 515 Å². The highest BCUT2D eigenvalue weighted by atomic mass is 16.6. The SMILES string of the molecule is C=CC(=O)OCC(COCC(COC(=O)C=C)(COC(=O)C=C)COC(=O)NC1CC(C)(C)CC(C)(CNC(=O)OC(COCC(COC(=O)C=C)(COC(=O)C=C)COC(=O)C=C)(COC(=O)C=C)COC(=O)C=C)C1)(COC(=O)C=C)COC(=O)C=C. The van der Waals surface area contributed by atoms with Gasteiger partial charge in [-0.15, -0.1) is 0 Å². The van der Waals surface area contributed by atoms with Gasteiger partial charge in [-0.25, -0.2) is 57.5 Å². The summed E-state index contributed by atoms with van der Waals surface area (Å²) in [6, 6.07) is -0.681. The van der Waals surface area contributed by atoms with Crippen LogP contribution in [0.3, 0.4) is 0 Å². The molecule has 28 heteroatoms. The zero-order valence-electron chi connectivity index (χ0n) is 50.5. The van der Waals surface area contributed by atoms with Gasteiger partial charge in [-0.3, -0.25) is 0 Å². The zero-order valence-corrected chi connectivity index (χ0v) is 50.5. The molecule has 1 aliphatic carbocycles. The first-order valence-electron chi connectivity index (χ1n) is 26.9. The molecule has 0 aliphatic heterocycles. The van der Waals surface area contributed by atoms with Crippen molar-refractivity contribution in [2.75, 3.05) is 106 Å². The second-order valence-corrected chi connectivity index (χ2v) is 21.5. The van der Waals surface area contributed by atoms with E-state index in [1.165, 1.54) is 0 Å². The number of hydrogen-bond acceptors (Lipinski definition) is 26. The van der Waals surface area contributed by atoms with Crippen LogP contribution in [0.2, 0.25) is 0 Å². The van der Waals surface area contributed by atoms with Crippen molar-refractivity contribution in [2.45, 2.75) is 51.7 Å². The fourth-order valence-corrected chi connectivity index (χ4v) is 8.51. The molecule has 1 aliphatic rings. The predicted octanol–water partition coefficient (Wildman–Crippen LogP) is 4.05. The van der Waals surface area contributed by atoms with Crippen molar-refractivity contribution >= 4 is 71.9 Å². The van der Waals surface area contributed by atoms with Gasteiger partial charge in [0, 0.05) is 73.3 Å². The number of rotatable bonds is 44. The maximum atomic E-state index is 14.1. The molecule has 1 saturated carbocycles. The van der Waals surface area contributed by atoms with Crippen LogP contribution >= 0.6 is 0 Å². The highest BCUT2D eigenvalue weighted by Crippen LogP contribution is 2.46. The number of carbonyl (C=O) groups is 12. The quantitative estimate of drug-likeness (QED) is 0.0493. The maximum absolute atomic E-state index is 14.1. The summed E-state index contributed by atoms with van der Waals surface area (Å²) in [5.41, 5.74) is -8.74. The Morgan fingerprint density at radius 2 is 0.618 bits per heavy atom. The first-order valence-corrected chi connectivity index (χ1v) is 26.9. The van der Waals surface area contributed by atoms with Gasteiger partial charge in [0.2, 0.25) is 5.60 Å². The van der Waals surface area contributed by atoms with E-state index in [9.17, 15) is 57.5 Å². The van der Waals surface area contributed by atoms with Crippen LogP contribution in [-0.2, 0) is 114 Å². The first-order chi connectivity index (χ1) is 41.9. The summed E-state index contributed by atoms with van der Waals surface area (Å²) in [4.78, 5) is 152. The number of nitrogens with one attached hydrogen (secondary N) is 2. The third-order valence-corrected chi connectivity index (χ3v) is 12.6. The molecule has 0 heterocycles. The van der Waals surface area contributed by atoms with Gasteiger partial charge in [-0.1, -0.05) is 86.6 Å². The Morgan fingerprint density at radius 1 is 0.360 bits per heavy atom. The van der Waals surface area contributed by atoms with Gasteiger partial charge in [0.1, 0.15) is 72.7 Å². The van der Waals surface area contributed by atoms with Gasteiger partial charge >= 0.3 is 71.9 Å². The summed E-state index contributed by atoms with van der Waals surface area (Å²) >= 11 is 0. The topological polar surface area (TPSA) is 358 Å². The van der Waals surface area contributed by atoms with E-state index in [1.807, 2.05) is 13.8 Å². The first kappa shape index (κ1) is 77.6. The van der Waals surface area contributed by atoms with Crippen molar-refractivity contribution in [1.82, 2.24) is 10.6 Å². The van der Waals surface area contributed by atoms with Gasteiger partial charge < -0.3 is 76.9 Å². The molecule has 490 valence electrons. The number of alkyl carbamates (subject to hydrolysis) is 2. The molecule has 0 saturated heterocycles. The lowest BCUT2D eigenvalue weighted by Crippen LogP contribution is -2.54. The summed E-state index contributed by atoms with van der Waals surface area (Å²) in [6.07, 6.45) is 7.07. The second-order valence-electron chi connectivity index (χ2n) is 21.5. The standard InChI is InChI=1S/C61H80N2O26/c1-14-44(64)78-31-58(32-79-45(65)15-2,33-80-46(66)16-3)28-76-29-60(37-84-50(70)20-7,38-85-51(71)21-8)39-88-55(75)63-43-24-56(11,12)26-57(13,25-43)27-62-54(74)89-61(41-86-52(72)22-9,42-87-53(73)23-10)40-77-30-59(34-81-47(67)17-4,35-82-48(68)18-5)36-83-49(69)19-6/h14-23,43H,1-10,24-42H2,11-13H3,(H,62,74)(H,63,75). The van der Waals surface area contributed by atoms with E-state index in [0.29, 0.717) is 12.8 Å². The van der Waals surface area contributed by atoms with Crippen LogP contribution in [0.4, 0.5) is 9.59 Å². The van der Waals surface area contributed by atoms with E-state index in [-0.39, 0.29) is 13.0 Å². The number of carbonyl (C=O) groups excluding carboxylic acids is 12. The van der Waals surface area contributed by atoms with Crippen molar-refractivity contribution in [3.8, 4) is 0 Å². The Hall–Kier alpha value is -9.44. The maximum Gasteiger partial charge on any atom is 0.408 e. The van der Waals surface area contributed by atoms with Gasteiger partial charge in [0.05, 0.1) is 42.7 Å². The summed E-state index contributed by atoms with van der Waals surface area (Å²) in [7, 11) is 0. The molecule has 2 N–H and O–H groups in total. The summed E-state index contributed by atoms with van der Waals surface area (Å²) in [5, 5.41) is 5.51. The van der Waals surface area contributed by atoms with Crippen molar-refractivity contribution < 1.29 is 124 Å². The van der Waals surface area contributed by atoms with Gasteiger partial charge in [-0.05, 0) is 30.1 Å². The molecular formula is C61H80N2O26. The molecule has 89 heavy (non-hydrogen) atoms. The molecule has 0 spiro atoms. The molecule has 28 nitrogen and oxygen atoms in total. The molecule has 1 fully saturated rings. The minimum absolute atomic E-state index is 0.156. The normalized spacial score (nSPS) is 15.0. The van der Waals surface area contributed by atoms with E-state index in [2.05, 4.69) is 76.4 Å². The van der Waals surface area contributed by atoms with Crippen LogP contribution < -0.4 is 10.6 Å². The van der Waals surface area contributed by atoms with Crippen molar-refractivity contribution in [1.29, 1.82) is 0 Å². The summed E-state index contributed by atoms with van der Waals surface area (Å²) in [5.74, 6) is -9.45. The van der Waals surface area contributed by atoms with Gasteiger partial charge in [0.25, 0.3) is 0 Å². The molecule has 2 atom stereocenters. The minimum Gasteiger partial charge on any atom is -0.462 e. The van der Waals surface area contributed by atoms with Crippen LogP contribution in [0.15, 0.2) is 127 Å². The average Bonchev–Trinajstić information content (AvgIpc) is 1.48. The van der Waals surface area contributed by atoms with Crippen LogP contribution in [0.5, 0.6) is 0 Å². The Kier molecular flexibility index (Phi) is 33.7. The monoisotopic (exact) mass is 1260 g/mol. The van der Waals surface area contributed by atoms with E-state index < -0.39 is 210 Å². The molecule has 0 aromatic carbocycles. The Bertz CT molecular complexity index is 2470. The molecule has 0 radical (unpaired) electrons. The smallest absolute Gasteiger partial charge is 0.408 e. The van der Waals surface area contributed by atoms with E-state index in [4.69, 9.17) is 66.3 Å². The van der Waals surface area contributed by atoms with Crippen LogP contribution in [0, 0.1) is 27.1 Å². The Morgan fingerprint density at radius 3 is 0.899 bits per heavy atom. The van der Waals surface area contributed by atoms with Crippen LogP contribution in [-0.4, -0.2) is 189 Å². The number of hydrogen-bond donors (Lipinski definition) is 2. The predicted molar refractivity (Wildman–Crippen MR) is 312 cm³/mol. The molecule has 0 aromatic rings. The van der Waals surface area contributed by atoms with Crippen molar-refractivity contribution in [3.05, 3.63) is 127 Å². The van der Waals surface area contributed by atoms with E-state index in [1.54, 1.807) is 6.92 Å². The number of amides is 2. The lowest BCUT2D eigenvalue weighted by Gasteiger charge is -2.46. The van der Waals surface area contributed by atoms with E-state index >= 15 is 0 Å². The lowest BCUT2D eigenvalue weighted by atomic mass is 9.62. The minimum atomic E-state index is -2.21.